The third-order valence-corrected chi connectivity index (χ3v) is 3.98. The normalized spacial score (nSPS) is 13.9. The fourth-order valence-corrected chi connectivity index (χ4v) is 2.94. The van der Waals surface area contributed by atoms with Gasteiger partial charge in [0.15, 0.2) is 0 Å². The van der Waals surface area contributed by atoms with Crippen molar-refractivity contribution in [2.45, 2.75) is 38.5 Å². The fraction of sp³-hybridized carbons (Fsp3) is 0.333. The van der Waals surface area contributed by atoms with Crippen molar-refractivity contribution in [1.82, 2.24) is 0 Å². The third kappa shape index (κ3) is 3.19. The molecular weight excluding hydrogens is 251 g/mol. The zero-order valence-electron chi connectivity index (χ0n) is 12.0. The molecule has 0 fully saturated rings. The zero-order chi connectivity index (χ0) is 14.5. The summed E-state index contributed by atoms with van der Waals surface area (Å²) < 4.78 is 13.1. The zero-order valence-corrected chi connectivity index (χ0v) is 12.0. The second-order valence-electron chi connectivity index (χ2n) is 5.17. The highest BCUT2D eigenvalue weighted by Gasteiger charge is 2.21. The number of halogens is 1. The molecule has 1 N–H and O–H groups in total. The van der Waals surface area contributed by atoms with Gasteiger partial charge in [0.2, 0.25) is 0 Å². The molecule has 0 amide bonds. The molecule has 0 aliphatic heterocycles. The average molecular weight is 272 g/mol. The number of phenolic OH excluding ortho intramolecular Hbond substituents is 1. The summed E-state index contributed by atoms with van der Waals surface area (Å²) in [6, 6.07) is 14.2. The second kappa shape index (κ2) is 6.56. The summed E-state index contributed by atoms with van der Waals surface area (Å²) >= 11 is 0. The lowest BCUT2D eigenvalue weighted by Gasteiger charge is -2.26. The van der Waals surface area contributed by atoms with E-state index in [1.165, 1.54) is 23.3 Å². The lowest BCUT2D eigenvalue weighted by atomic mass is 9.78. The van der Waals surface area contributed by atoms with Gasteiger partial charge in [-0.25, -0.2) is 4.39 Å². The summed E-state index contributed by atoms with van der Waals surface area (Å²) in [7, 11) is 0. The molecular formula is C18H21FO. The van der Waals surface area contributed by atoms with E-state index in [1.807, 2.05) is 24.3 Å². The quantitative estimate of drug-likeness (QED) is 0.791. The Kier molecular flexibility index (Phi) is 4.78. The minimum absolute atomic E-state index is 0.193. The molecule has 2 aromatic carbocycles. The maximum atomic E-state index is 13.1. The van der Waals surface area contributed by atoms with Crippen molar-refractivity contribution in [3.05, 3.63) is 65.5 Å². The second-order valence-corrected chi connectivity index (χ2v) is 5.17. The fourth-order valence-electron chi connectivity index (χ4n) is 2.94. The van der Waals surface area contributed by atoms with Gasteiger partial charge in [0.1, 0.15) is 11.6 Å². The molecule has 2 heteroatoms. The highest BCUT2D eigenvalue weighted by Crippen LogP contribution is 2.38. The lowest BCUT2D eigenvalue weighted by molar-refractivity contribution is 0.472. The van der Waals surface area contributed by atoms with E-state index in [1.54, 1.807) is 12.1 Å². The molecule has 106 valence electrons. The van der Waals surface area contributed by atoms with E-state index in [-0.39, 0.29) is 5.82 Å². The van der Waals surface area contributed by atoms with E-state index in [4.69, 9.17) is 0 Å². The Morgan fingerprint density at radius 2 is 1.20 bits per heavy atom. The number of aromatic hydroxyl groups is 1. The monoisotopic (exact) mass is 272 g/mol. The van der Waals surface area contributed by atoms with E-state index >= 15 is 0 Å². The van der Waals surface area contributed by atoms with Gasteiger partial charge in [0.25, 0.3) is 0 Å². The first-order chi connectivity index (χ1) is 9.65. The van der Waals surface area contributed by atoms with Crippen molar-refractivity contribution < 1.29 is 9.50 Å². The van der Waals surface area contributed by atoms with Gasteiger partial charge in [-0.15, -0.1) is 0 Å². The lowest BCUT2D eigenvalue weighted by Crippen LogP contribution is -2.10. The molecule has 0 unspecified atom stereocenters. The van der Waals surface area contributed by atoms with Gasteiger partial charge in [-0.1, -0.05) is 38.1 Å². The minimum atomic E-state index is -0.193. The summed E-state index contributed by atoms with van der Waals surface area (Å²) in [5.74, 6) is 0.843. The first-order valence-corrected chi connectivity index (χ1v) is 7.20. The molecule has 0 aliphatic carbocycles. The summed E-state index contributed by atoms with van der Waals surface area (Å²) in [5, 5.41) is 9.41. The first-order valence-electron chi connectivity index (χ1n) is 7.20. The van der Waals surface area contributed by atoms with Crippen LogP contribution in [-0.2, 0) is 0 Å². The molecule has 2 atom stereocenters. The van der Waals surface area contributed by atoms with Crippen LogP contribution in [0.3, 0.4) is 0 Å². The number of rotatable bonds is 5. The van der Waals surface area contributed by atoms with Gasteiger partial charge < -0.3 is 5.11 Å². The molecule has 0 aromatic heterocycles. The highest BCUT2D eigenvalue weighted by atomic mass is 19.1. The number of phenols is 1. The Morgan fingerprint density at radius 3 is 1.60 bits per heavy atom. The molecule has 0 aliphatic rings. The van der Waals surface area contributed by atoms with Gasteiger partial charge in [-0.05, 0) is 60.1 Å². The predicted molar refractivity (Wildman–Crippen MR) is 80.6 cm³/mol. The predicted octanol–water partition coefficient (Wildman–Crippen LogP) is 5.22. The first kappa shape index (κ1) is 14.6. The molecule has 0 radical (unpaired) electrons. The molecule has 20 heavy (non-hydrogen) atoms. The van der Waals surface area contributed by atoms with Gasteiger partial charge in [-0.2, -0.15) is 0 Å². The summed E-state index contributed by atoms with van der Waals surface area (Å²) in [6.45, 7) is 4.33. The van der Waals surface area contributed by atoms with Gasteiger partial charge in [-0.3, -0.25) is 0 Å². The Balaban J connectivity index is 2.32. The summed E-state index contributed by atoms with van der Waals surface area (Å²) in [6.07, 6.45) is 2.02. The van der Waals surface area contributed by atoms with Crippen LogP contribution in [0, 0.1) is 5.82 Å². The van der Waals surface area contributed by atoms with E-state index in [2.05, 4.69) is 13.8 Å². The Labute approximate surface area is 120 Å². The van der Waals surface area contributed by atoms with Gasteiger partial charge in [0, 0.05) is 0 Å². The SMILES string of the molecule is CC[C@H](c1ccc(O)cc1)[C@@H](CC)c1ccc(F)cc1. The Hall–Kier alpha value is -1.83. The van der Waals surface area contributed by atoms with E-state index in [9.17, 15) is 9.50 Å². The Bertz CT molecular complexity index is 479. The topological polar surface area (TPSA) is 20.2 Å². The molecule has 1 nitrogen and oxygen atoms in total. The minimum Gasteiger partial charge on any atom is -0.508 e. The van der Waals surface area contributed by atoms with E-state index < -0.39 is 0 Å². The maximum absolute atomic E-state index is 13.1. The number of hydrogen-bond acceptors (Lipinski definition) is 1. The van der Waals surface area contributed by atoms with Crippen LogP contribution in [0.2, 0.25) is 0 Å². The number of hydrogen-bond donors (Lipinski definition) is 1. The van der Waals surface area contributed by atoms with Crippen molar-refractivity contribution in [3.63, 3.8) is 0 Å². The van der Waals surface area contributed by atoms with Crippen molar-refractivity contribution in [2.75, 3.05) is 0 Å². The van der Waals surface area contributed by atoms with Crippen LogP contribution < -0.4 is 0 Å². The molecule has 0 heterocycles. The largest absolute Gasteiger partial charge is 0.508 e. The molecule has 0 saturated carbocycles. The summed E-state index contributed by atoms with van der Waals surface area (Å²) in [4.78, 5) is 0. The third-order valence-electron chi connectivity index (χ3n) is 3.98. The van der Waals surface area contributed by atoms with Crippen molar-refractivity contribution in [1.29, 1.82) is 0 Å². The van der Waals surface area contributed by atoms with Crippen molar-refractivity contribution in [3.8, 4) is 5.75 Å². The van der Waals surface area contributed by atoms with E-state index in [0.717, 1.165) is 12.8 Å². The van der Waals surface area contributed by atoms with Crippen LogP contribution in [0.25, 0.3) is 0 Å². The van der Waals surface area contributed by atoms with Gasteiger partial charge >= 0.3 is 0 Å². The van der Waals surface area contributed by atoms with Crippen LogP contribution in [0.15, 0.2) is 48.5 Å². The van der Waals surface area contributed by atoms with Crippen LogP contribution in [0.4, 0.5) is 4.39 Å². The van der Waals surface area contributed by atoms with Crippen LogP contribution >= 0.6 is 0 Å². The molecule has 0 spiro atoms. The average Bonchev–Trinajstić information content (AvgIpc) is 2.47. The number of benzene rings is 2. The smallest absolute Gasteiger partial charge is 0.123 e. The van der Waals surface area contributed by atoms with Crippen molar-refractivity contribution >= 4 is 0 Å². The van der Waals surface area contributed by atoms with E-state index in [0.29, 0.717) is 17.6 Å². The standard InChI is InChI=1S/C18H21FO/c1-3-17(13-5-9-15(19)10-6-13)18(4-2)14-7-11-16(20)12-8-14/h5-12,17-18,20H,3-4H2,1-2H3/t17-,18+/m0/s1. The molecule has 2 aromatic rings. The van der Waals surface area contributed by atoms with Gasteiger partial charge in [0.05, 0.1) is 0 Å². The maximum Gasteiger partial charge on any atom is 0.123 e. The Morgan fingerprint density at radius 1 is 0.800 bits per heavy atom. The summed E-state index contributed by atoms with van der Waals surface area (Å²) in [5.41, 5.74) is 2.40. The molecule has 0 saturated heterocycles. The van der Waals surface area contributed by atoms with Crippen molar-refractivity contribution in [2.24, 2.45) is 0 Å². The van der Waals surface area contributed by atoms with Crippen LogP contribution in [-0.4, -0.2) is 5.11 Å². The molecule has 2 rings (SSSR count). The molecule has 0 bridgehead atoms. The van der Waals surface area contributed by atoms with Crippen LogP contribution in [0.5, 0.6) is 5.75 Å². The van der Waals surface area contributed by atoms with Crippen LogP contribution in [0.1, 0.15) is 49.7 Å². The highest BCUT2D eigenvalue weighted by molar-refractivity contribution is 5.32.